The van der Waals surface area contributed by atoms with E-state index in [1.165, 1.54) is 6.42 Å². The van der Waals surface area contributed by atoms with Gasteiger partial charge in [-0.05, 0) is 49.9 Å². The summed E-state index contributed by atoms with van der Waals surface area (Å²) in [6, 6.07) is 3.77. The van der Waals surface area contributed by atoms with Crippen molar-refractivity contribution in [3.8, 4) is 5.75 Å². The first-order chi connectivity index (χ1) is 8.22. The largest absolute Gasteiger partial charge is 0.495 e. The molecule has 0 saturated carbocycles. The molecular weight excluding hydrogens is 257 g/mol. The monoisotopic (exact) mass is 273 g/mol. The van der Waals surface area contributed by atoms with Gasteiger partial charge < -0.3 is 10.1 Å². The molecule has 1 saturated heterocycles. The fraction of sp³-hybridized carbons (Fsp3) is 0.538. The van der Waals surface area contributed by atoms with Crippen molar-refractivity contribution >= 4 is 23.2 Å². The van der Waals surface area contributed by atoms with Crippen LogP contribution in [0.15, 0.2) is 12.1 Å². The molecule has 2 rings (SSSR count). The van der Waals surface area contributed by atoms with E-state index in [9.17, 15) is 0 Å². The first-order valence-corrected chi connectivity index (χ1v) is 6.71. The molecular formula is C13H17Cl2NO. The van der Waals surface area contributed by atoms with Crippen LogP contribution in [0.5, 0.6) is 5.75 Å². The van der Waals surface area contributed by atoms with Crippen molar-refractivity contribution in [3.05, 3.63) is 27.7 Å². The van der Waals surface area contributed by atoms with Crippen LogP contribution in [0.4, 0.5) is 0 Å². The lowest BCUT2D eigenvalue weighted by Gasteiger charge is -2.17. The van der Waals surface area contributed by atoms with Crippen LogP contribution in [-0.4, -0.2) is 20.2 Å². The first-order valence-electron chi connectivity index (χ1n) is 5.96. The van der Waals surface area contributed by atoms with Crippen LogP contribution in [0.3, 0.4) is 0 Å². The highest BCUT2D eigenvalue weighted by Gasteiger charge is 2.18. The zero-order valence-corrected chi connectivity index (χ0v) is 11.4. The predicted molar refractivity (Wildman–Crippen MR) is 72.5 cm³/mol. The Morgan fingerprint density at radius 1 is 1.18 bits per heavy atom. The van der Waals surface area contributed by atoms with Gasteiger partial charge in [-0.3, -0.25) is 0 Å². The number of methoxy groups -OCH3 is 1. The minimum Gasteiger partial charge on any atom is -0.495 e. The maximum atomic E-state index is 6.31. The van der Waals surface area contributed by atoms with Crippen molar-refractivity contribution in [3.63, 3.8) is 0 Å². The van der Waals surface area contributed by atoms with Gasteiger partial charge in [0.05, 0.1) is 12.1 Å². The lowest BCUT2D eigenvalue weighted by Crippen LogP contribution is -2.13. The molecule has 4 heteroatoms. The summed E-state index contributed by atoms with van der Waals surface area (Å²) in [7, 11) is 1.60. The van der Waals surface area contributed by atoms with Gasteiger partial charge in [-0.15, -0.1) is 0 Å². The highest BCUT2D eigenvalue weighted by atomic mass is 35.5. The number of ether oxygens (including phenoxy) is 1. The van der Waals surface area contributed by atoms with Gasteiger partial charge in [0.1, 0.15) is 5.75 Å². The van der Waals surface area contributed by atoms with E-state index < -0.39 is 0 Å². The second kappa shape index (κ2) is 5.94. The normalized spacial score (nSPS) is 21.0. The molecule has 17 heavy (non-hydrogen) atoms. The molecule has 2 nitrogen and oxygen atoms in total. The standard InChI is InChI=1S/C13H17Cl2NO/c1-17-13-8-11(14)10(7-12(13)15)9-3-2-5-16-6-4-9/h7-9,16H,2-6H2,1H3. The van der Waals surface area contributed by atoms with E-state index in [1.54, 1.807) is 7.11 Å². The lowest BCUT2D eigenvalue weighted by molar-refractivity contribution is 0.414. The van der Waals surface area contributed by atoms with E-state index in [0.29, 0.717) is 16.7 Å². The minimum atomic E-state index is 0.501. The summed E-state index contributed by atoms with van der Waals surface area (Å²) >= 11 is 12.5. The van der Waals surface area contributed by atoms with Crippen molar-refractivity contribution < 1.29 is 4.74 Å². The van der Waals surface area contributed by atoms with Crippen LogP contribution in [0.25, 0.3) is 0 Å². The Morgan fingerprint density at radius 3 is 2.76 bits per heavy atom. The second-order valence-corrected chi connectivity index (χ2v) is 5.20. The van der Waals surface area contributed by atoms with E-state index in [1.807, 2.05) is 12.1 Å². The summed E-state index contributed by atoms with van der Waals surface area (Å²) in [5.41, 5.74) is 1.15. The molecule has 1 aromatic rings. The third-order valence-electron chi connectivity index (χ3n) is 3.29. The summed E-state index contributed by atoms with van der Waals surface area (Å²) in [5, 5.41) is 4.81. The van der Waals surface area contributed by atoms with Gasteiger partial charge in [-0.1, -0.05) is 23.2 Å². The molecule has 1 aliphatic rings. The highest BCUT2D eigenvalue weighted by Crippen LogP contribution is 2.37. The average Bonchev–Trinajstić information content (AvgIpc) is 2.60. The Hall–Kier alpha value is -0.440. The molecule has 1 fully saturated rings. The van der Waals surface area contributed by atoms with Gasteiger partial charge in [0.2, 0.25) is 0 Å². The van der Waals surface area contributed by atoms with Gasteiger partial charge in [-0.2, -0.15) is 0 Å². The summed E-state index contributed by atoms with van der Waals surface area (Å²) in [5.74, 6) is 1.15. The fourth-order valence-corrected chi connectivity index (χ4v) is 2.90. The lowest BCUT2D eigenvalue weighted by atomic mass is 9.92. The van der Waals surface area contributed by atoms with Crippen LogP contribution in [-0.2, 0) is 0 Å². The molecule has 1 unspecified atom stereocenters. The fourth-order valence-electron chi connectivity index (χ4n) is 2.34. The van der Waals surface area contributed by atoms with Gasteiger partial charge in [0.15, 0.2) is 0 Å². The topological polar surface area (TPSA) is 21.3 Å². The average molecular weight is 274 g/mol. The zero-order valence-electron chi connectivity index (χ0n) is 9.93. The molecule has 0 spiro atoms. The zero-order chi connectivity index (χ0) is 12.3. The summed E-state index contributed by atoms with van der Waals surface area (Å²) in [6.07, 6.45) is 3.46. The van der Waals surface area contributed by atoms with Crippen LogP contribution in [0.1, 0.15) is 30.7 Å². The number of hydrogen-bond acceptors (Lipinski definition) is 2. The highest BCUT2D eigenvalue weighted by molar-refractivity contribution is 6.34. The van der Waals surface area contributed by atoms with Crippen molar-refractivity contribution in [1.29, 1.82) is 0 Å². The molecule has 1 atom stereocenters. The molecule has 0 bridgehead atoms. The van der Waals surface area contributed by atoms with Crippen LogP contribution in [0.2, 0.25) is 10.0 Å². The van der Waals surface area contributed by atoms with E-state index in [0.717, 1.165) is 36.5 Å². The van der Waals surface area contributed by atoms with Gasteiger partial charge >= 0.3 is 0 Å². The van der Waals surface area contributed by atoms with Gasteiger partial charge in [-0.25, -0.2) is 0 Å². The van der Waals surface area contributed by atoms with E-state index in [4.69, 9.17) is 27.9 Å². The van der Waals surface area contributed by atoms with Crippen LogP contribution >= 0.6 is 23.2 Å². The van der Waals surface area contributed by atoms with E-state index >= 15 is 0 Å². The third kappa shape index (κ3) is 3.06. The molecule has 1 aromatic carbocycles. The Labute approximate surface area is 112 Å². The Balaban J connectivity index is 2.27. The minimum absolute atomic E-state index is 0.501. The van der Waals surface area contributed by atoms with Crippen LogP contribution < -0.4 is 10.1 Å². The smallest absolute Gasteiger partial charge is 0.138 e. The molecule has 0 radical (unpaired) electrons. The quantitative estimate of drug-likeness (QED) is 0.884. The van der Waals surface area contributed by atoms with Crippen molar-refractivity contribution in [2.24, 2.45) is 0 Å². The van der Waals surface area contributed by atoms with Crippen molar-refractivity contribution in [1.82, 2.24) is 5.32 Å². The molecule has 0 amide bonds. The van der Waals surface area contributed by atoms with Crippen molar-refractivity contribution in [2.75, 3.05) is 20.2 Å². The van der Waals surface area contributed by atoms with E-state index in [2.05, 4.69) is 5.32 Å². The number of rotatable bonds is 2. The van der Waals surface area contributed by atoms with Crippen LogP contribution in [0, 0.1) is 0 Å². The Bertz CT molecular complexity index is 387. The number of hydrogen-bond donors (Lipinski definition) is 1. The maximum absolute atomic E-state index is 6.31. The molecule has 1 heterocycles. The van der Waals surface area contributed by atoms with Gasteiger partial charge in [0, 0.05) is 11.1 Å². The molecule has 1 aliphatic heterocycles. The maximum Gasteiger partial charge on any atom is 0.138 e. The second-order valence-electron chi connectivity index (χ2n) is 4.39. The first kappa shape index (κ1) is 13.0. The molecule has 1 N–H and O–H groups in total. The SMILES string of the molecule is COc1cc(Cl)c(C2CCCNCC2)cc1Cl. The van der Waals surface area contributed by atoms with Gasteiger partial charge in [0.25, 0.3) is 0 Å². The Kier molecular flexibility index (Phi) is 4.55. The third-order valence-corrected chi connectivity index (χ3v) is 3.91. The number of nitrogens with one attached hydrogen (secondary N) is 1. The predicted octanol–water partition coefficient (Wildman–Crippen LogP) is 3.86. The number of halogens is 2. The number of benzene rings is 1. The summed E-state index contributed by atoms with van der Waals surface area (Å²) < 4.78 is 5.16. The molecule has 94 valence electrons. The molecule has 0 aliphatic carbocycles. The summed E-state index contributed by atoms with van der Waals surface area (Å²) in [4.78, 5) is 0. The van der Waals surface area contributed by atoms with Crippen molar-refractivity contribution in [2.45, 2.75) is 25.2 Å². The Morgan fingerprint density at radius 2 is 2.00 bits per heavy atom. The molecule has 0 aromatic heterocycles. The summed E-state index contributed by atoms with van der Waals surface area (Å²) in [6.45, 7) is 2.14. The van der Waals surface area contributed by atoms with E-state index in [-0.39, 0.29) is 0 Å².